The molecule has 0 bridgehead atoms. The first-order valence-electron chi connectivity index (χ1n) is 6.88. The van der Waals surface area contributed by atoms with Crippen molar-refractivity contribution in [1.82, 2.24) is 24.7 Å². The zero-order chi connectivity index (χ0) is 15.2. The Kier molecular flexibility index (Phi) is 4.91. The topological polar surface area (TPSA) is 89.8 Å². The lowest BCUT2D eigenvalue weighted by atomic mass is 10.2. The van der Waals surface area contributed by atoms with E-state index in [1.807, 2.05) is 33.3 Å². The largest absolute Gasteiger partial charge is 0.461 e. The van der Waals surface area contributed by atoms with Crippen LogP contribution in [0.4, 0.5) is 11.9 Å². The van der Waals surface area contributed by atoms with Crippen LogP contribution in [-0.4, -0.2) is 44.4 Å². The fourth-order valence-electron chi connectivity index (χ4n) is 1.73. The van der Waals surface area contributed by atoms with E-state index in [0.717, 1.165) is 12.0 Å². The SMILES string of the molecule is CNc1nc(NCCc2cnn(C)c2)nc(OC(C)C)n1. The molecule has 0 aliphatic carbocycles. The predicted molar refractivity (Wildman–Crippen MR) is 80.5 cm³/mol. The van der Waals surface area contributed by atoms with Crippen LogP contribution in [0.15, 0.2) is 12.4 Å². The van der Waals surface area contributed by atoms with Crippen molar-refractivity contribution in [1.29, 1.82) is 0 Å². The van der Waals surface area contributed by atoms with E-state index in [9.17, 15) is 0 Å². The molecule has 8 nitrogen and oxygen atoms in total. The molecule has 2 rings (SSSR count). The fraction of sp³-hybridized carbons (Fsp3) is 0.538. The summed E-state index contributed by atoms with van der Waals surface area (Å²) in [5.41, 5.74) is 1.16. The standard InChI is InChI=1S/C13H21N7O/c1-9(2)21-13-18-11(14-3)17-12(19-13)15-6-5-10-7-16-20(4)8-10/h7-9H,5-6H2,1-4H3,(H2,14,15,17,18,19). The average Bonchev–Trinajstić information content (AvgIpc) is 2.83. The number of nitrogens with one attached hydrogen (secondary N) is 2. The van der Waals surface area contributed by atoms with Crippen LogP contribution in [-0.2, 0) is 13.5 Å². The van der Waals surface area contributed by atoms with Crippen molar-refractivity contribution < 1.29 is 4.74 Å². The van der Waals surface area contributed by atoms with Crippen LogP contribution < -0.4 is 15.4 Å². The Morgan fingerprint density at radius 3 is 2.62 bits per heavy atom. The van der Waals surface area contributed by atoms with Crippen LogP contribution in [0.25, 0.3) is 0 Å². The molecular formula is C13H21N7O. The zero-order valence-electron chi connectivity index (χ0n) is 12.8. The van der Waals surface area contributed by atoms with Crippen LogP contribution in [0.2, 0.25) is 0 Å². The lowest BCUT2D eigenvalue weighted by Crippen LogP contribution is -2.14. The summed E-state index contributed by atoms with van der Waals surface area (Å²) < 4.78 is 7.29. The molecule has 2 aromatic rings. The van der Waals surface area contributed by atoms with E-state index in [1.165, 1.54) is 0 Å². The normalized spacial score (nSPS) is 10.7. The van der Waals surface area contributed by atoms with Gasteiger partial charge in [0.1, 0.15) is 0 Å². The lowest BCUT2D eigenvalue weighted by molar-refractivity contribution is 0.222. The maximum atomic E-state index is 5.51. The maximum absolute atomic E-state index is 5.51. The summed E-state index contributed by atoms with van der Waals surface area (Å²) in [6.45, 7) is 4.57. The number of rotatable bonds is 7. The molecule has 0 amide bonds. The Morgan fingerprint density at radius 2 is 2.00 bits per heavy atom. The summed E-state index contributed by atoms with van der Waals surface area (Å²) in [5, 5.41) is 10.2. The molecule has 2 aromatic heterocycles. The molecule has 21 heavy (non-hydrogen) atoms. The van der Waals surface area contributed by atoms with E-state index < -0.39 is 0 Å². The predicted octanol–water partition coefficient (Wildman–Crippen LogP) is 1.09. The average molecular weight is 291 g/mol. The number of hydrogen-bond donors (Lipinski definition) is 2. The molecule has 0 aliphatic heterocycles. The Balaban J connectivity index is 1.97. The zero-order valence-corrected chi connectivity index (χ0v) is 12.8. The van der Waals surface area contributed by atoms with Gasteiger partial charge in [0.25, 0.3) is 0 Å². The highest BCUT2D eigenvalue weighted by Crippen LogP contribution is 2.12. The van der Waals surface area contributed by atoms with Gasteiger partial charge >= 0.3 is 6.01 Å². The van der Waals surface area contributed by atoms with Crippen LogP contribution in [0.3, 0.4) is 0 Å². The summed E-state index contributed by atoms with van der Waals surface area (Å²) in [5.74, 6) is 0.971. The molecule has 2 heterocycles. The molecule has 2 N–H and O–H groups in total. The van der Waals surface area contributed by atoms with Gasteiger partial charge in [-0.2, -0.15) is 20.1 Å². The second kappa shape index (κ2) is 6.87. The second-order valence-electron chi connectivity index (χ2n) is 4.88. The van der Waals surface area contributed by atoms with Crippen molar-refractivity contribution in [3.05, 3.63) is 18.0 Å². The quantitative estimate of drug-likeness (QED) is 0.789. The molecule has 114 valence electrons. The maximum Gasteiger partial charge on any atom is 0.323 e. The van der Waals surface area contributed by atoms with Gasteiger partial charge in [-0.3, -0.25) is 4.68 Å². The third-order valence-corrected chi connectivity index (χ3v) is 2.63. The first-order chi connectivity index (χ1) is 10.1. The van der Waals surface area contributed by atoms with Crippen molar-refractivity contribution in [2.24, 2.45) is 7.05 Å². The van der Waals surface area contributed by atoms with Gasteiger partial charge in [-0.15, -0.1) is 0 Å². The third-order valence-electron chi connectivity index (χ3n) is 2.63. The first-order valence-corrected chi connectivity index (χ1v) is 6.88. The van der Waals surface area contributed by atoms with Gasteiger partial charge in [-0.25, -0.2) is 0 Å². The molecule has 0 fully saturated rings. The Hall–Kier alpha value is -2.38. The minimum absolute atomic E-state index is 0.0142. The lowest BCUT2D eigenvalue weighted by Gasteiger charge is -2.10. The number of anilines is 2. The first kappa shape index (κ1) is 15.0. The molecule has 0 saturated carbocycles. The van der Waals surface area contributed by atoms with E-state index in [1.54, 1.807) is 11.7 Å². The monoisotopic (exact) mass is 291 g/mol. The van der Waals surface area contributed by atoms with Crippen LogP contribution in [0.1, 0.15) is 19.4 Å². The van der Waals surface area contributed by atoms with Crippen molar-refractivity contribution >= 4 is 11.9 Å². The molecule has 0 spiro atoms. The van der Waals surface area contributed by atoms with E-state index in [0.29, 0.717) is 24.5 Å². The smallest absolute Gasteiger partial charge is 0.323 e. The van der Waals surface area contributed by atoms with E-state index in [4.69, 9.17) is 4.74 Å². The highest BCUT2D eigenvalue weighted by molar-refractivity contribution is 5.35. The van der Waals surface area contributed by atoms with Crippen LogP contribution in [0.5, 0.6) is 6.01 Å². The Morgan fingerprint density at radius 1 is 1.24 bits per heavy atom. The van der Waals surface area contributed by atoms with Gasteiger partial charge in [0.05, 0.1) is 12.3 Å². The van der Waals surface area contributed by atoms with Crippen molar-refractivity contribution in [2.75, 3.05) is 24.2 Å². The fourth-order valence-corrected chi connectivity index (χ4v) is 1.73. The molecule has 0 unspecified atom stereocenters. The van der Waals surface area contributed by atoms with Gasteiger partial charge in [-0.05, 0) is 25.8 Å². The van der Waals surface area contributed by atoms with Gasteiger partial charge in [0, 0.05) is 26.8 Å². The number of ether oxygens (including phenoxy) is 1. The van der Waals surface area contributed by atoms with Gasteiger partial charge < -0.3 is 15.4 Å². The summed E-state index contributed by atoms with van der Waals surface area (Å²) in [7, 11) is 3.66. The van der Waals surface area contributed by atoms with Gasteiger partial charge in [0.15, 0.2) is 0 Å². The second-order valence-corrected chi connectivity index (χ2v) is 4.88. The molecule has 0 atom stereocenters. The number of aromatic nitrogens is 5. The van der Waals surface area contributed by atoms with Gasteiger partial charge in [0.2, 0.25) is 11.9 Å². The van der Waals surface area contributed by atoms with Crippen molar-refractivity contribution in [3.8, 4) is 6.01 Å². The third kappa shape index (κ3) is 4.59. The van der Waals surface area contributed by atoms with E-state index in [-0.39, 0.29) is 6.10 Å². The van der Waals surface area contributed by atoms with Crippen molar-refractivity contribution in [3.63, 3.8) is 0 Å². The molecular weight excluding hydrogens is 270 g/mol. The molecule has 0 aliphatic rings. The van der Waals surface area contributed by atoms with E-state index >= 15 is 0 Å². The summed E-state index contributed by atoms with van der Waals surface area (Å²) >= 11 is 0. The number of nitrogens with zero attached hydrogens (tertiary/aromatic N) is 5. The minimum atomic E-state index is 0.0142. The summed E-state index contributed by atoms with van der Waals surface area (Å²) in [6.07, 6.45) is 4.69. The molecule has 8 heteroatoms. The van der Waals surface area contributed by atoms with Crippen molar-refractivity contribution in [2.45, 2.75) is 26.4 Å². The Labute approximate surface area is 124 Å². The molecule has 0 aromatic carbocycles. The summed E-state index contributed by atoms with van der Waals surface area (Å²) in [6, 6.07) is 0.313. The van der Waals surface area contributed by atoms with Gasteiger partial charge in [-0.1, -0.05) is 0 Å². The molecule has 0 saturated heterocycles. The highest BCUT2D eigenvalue weighted by Gasteiger charge is 2.08. The Bertz CT molecular complexity index is 582. The van der Waals surface area contributed by atoms with Crippen LogP contribution >= 0.6 is 0 Å². The highest BCUT2D eigenvalue weighted by atomic mass is 16.5. The molecule has 0 radical (unpaired) electrons. The van der Waals surface area contributed by atoms with Crippen LogP contribution in [0, 0.1) is 0 Å². The van der Waals surface area contributed by atoms with E-state index in [2.05, 4.69) is 30.7 Å². The summed E-state index contributed by atoms with van der Waals surface area (Å²) in [4.78, 5) is 12.6. The number of aryl methyl sites for hydroxylation is 1. The number of hydrogen-bond acceptors (Lipinski definition) is 7. The minimum Gasteiger partial charge on any atom is -0.461 e.